The molecule has 0 N–H and O–H groups in total. The maximum Gasteiger partial charge on any atom is 0.252 e. The minimum atomic E-state index is -0.335. The van der Waals surface area contributed by atoms with Crippen LogP contribution in [0.5, 0.6) is 0 Å². The van der Waals surface area contributed by atoms with Crippen LogP contribution < -0.4 is 26.2 Å². The highest BCUT2D eigenvalue weighted by Gasteiger charge is 2.46. The third-order valence-electron chi connectivity index (χ3n) is 25.3. The Bertz CT molecular complexity index is 7830. The van der Waals surface area contributed by atoms with Crippen LogP contribution in [-0.2, 0) is 0 Å². The first kappa shape index (κ1) is 69.5. The van der Waals surface area contributed by atoms with Gasteiger partial charge in [-0.1, -0.05) is 322 Å². The Kier molecular flexibility index (Phi) is 16.2. The molecule has 2 aliphatic rings. The number of hydrogen-bond donors (Lipinski definition) is 0. The lowest BCUT2D eigenvalue weighted by molar-refractivity contribution is 0.669. The van der Waals surface area contributed by atoms with Crippen molar-refractivity contribution in [3.05, 3.63) is 442 Å². The summed E-state index contributed by atoms with van der Waals surface area (Å²) < 4.78 is 11.7. The Morgan fingerprint density at radius 3 is 1.01 bits per heavy atom. The molecule has 0 radical (unpaired) electrons. The molecule has 121 heavy (non-hydrogen) atoms. The summed E-state index contributed by atoms with van der Waals surface area (Å²) in [6.45, 7) is 1.94. The van der Waals surface area contributed by atoms with Crippen LogP contribution in [-0.4, -0.2) is 15.8 Å². The number of aromatic nitrogens is 2. The highest BCUT2D eigenvalue weighted by Crippen LogP contribution is 2.56. The van der Waals surface area contributed by atoms with E-state index in [4.69, 9.17) is 4.42 Å². The summed E-state index contributed by atoms with van der Waals surface area (Å²) in [5.41, 5.74) is 39.6. The molecule has 0 unspecified atom stereocenters. The largest absolute Gasteiger partial charge is 0.456 e. The molecule has 19 aromatic carbocycles. The van der Waals surface area contributed by atoms with Gasteiger partial charge in [0, 0.05) is 88.7 Å². The zero-order valence-corrected chi connectivity index (χ0v) is 66.3. The van der Waals surface area contributed by atoms with E-state index in [2.05, 4.69) is 463 Å². The molecular weight excluding hydrogens is 1460 g/mol. The SMILES string of the molecule is Cc1cc(-c2ccccc2)c(N2c3cc(-n4c5ccccc5c5ccccc54)ccc3B3c4ccc(-n5c6ccccc6c6ccccc65)cc4N(c4c(-c5ccccc5)cccc4-c4cccc(-c5cccc(-c6ccccc6)c5)c4)c4cc(-c5ccc6oc7ccccc7c6c5)cc2c43)c(-c2cccc(-c3cccc(-c4ccccc4)c3)c2)c1. The predicted octanol–water partition coefficient (Wildman–Crippen LogP) is 29.2. The molecule has 0 atom stereocenters. The first-order chi connectivity index (χ1) is 59.9. The van der Waals surface area contributed by atoms with E-state index in [1.54, 1.807) is 0 Å². The molecular formula is C115H75BN4O. The van der Waals surface area contributed by atoms with Gasteiger partial charge in [-0.3, -0.25) is 0 Å². The average molecular weight is 1540 g/mol. The first-order valence-electron chi connectivity index (χ1n) is 41.8. The molecule has 0 saturated carbocycles. The molecule has 0 spiro atoms. The van der Waals surface area contributed by atoms with Crippen molar-refractivity contribution in [2.24, 2.45) is 0 Å². The third kappa shape index (κ3) is 11.5. The monoisotopic (exact) mass is 1540 g/mol. The molecule has 5 heterocycles. The van der Waals surface area contributed by atoms with Crippen molar-refractivity contribution in [3.8, 4) is 112 Å². The van der Waals surface area contributed by atoms with E-state index in [1.165, 1.54) is 60.2 Å². The van der Waals surface area contributed by atoms with E-state index in [0.29, 0.717) is 0 Å². The summed E-state index contributed by atoms with van der Waals surface area (Å²) in [5.74, 6) is 0. The summed E-state index contributed by atoms with van der Waals surface area (Å²) in [7, 11) is 0. The van der Waals surface area contributed by atoms with Gasteiger partial charge >= 0.3 is 0 Å². The second-order valence-electron chi connectivity index (χ2n) is 32.3. The van der Waals surface area contributed by atoms with Gasteiger partial charge in [0.2, 0.25) is 0 Å². The number of hydrogen-bond acceptors (Lipinski definition) is 3. The van der Waals surface area contributed by atoms with E-state index >= 15 is 0 Å². The second kappa shape index (κ2) is 28.3. The van der Waals surface area contributed by atoms with Crippen molar-refractivity contribution in [2.45, 2.75) is 6.92 Å². The Hall–Kier alpha value is -15.8. The zero-order chi connectivity index (χ0) is 79.8. The van der Waals surface area contributed by atoms with Crippen molar-refractivity contribution >= 4 is 123 Å². The quantitative estimate of drug-likeness (QED) is 0.108. The van der Waals surface area contributed by atoms with Gasteiger partial charge in [0.05, 0.1) is 33.4 Å². The topological polar surface area (TPSA) is 29.5 Å². The van der Waals surface area contributed by atoms with Crippen LogP contribution in [0.25, 0.3) is 177 Å². The molecule has 0 aliphatic carbocycles. The molecule has 0 amide bonds. The Morgan fingerprint density at radius 2 is 0.537 bits per heavy atom. The van der Waals surface area contributed by atoms with Crippen LogP contribution in [0.4, 0.5) is 34.1 Å². The summed E-state index contributed by atoms with van der Waals surface area (Å²) in [4.78, 5) is 5.42. The average Bonchev–Trinajstić information content (AvgIpc) is 0.787. The molecule has 564 valence electrons. The maximum absolute atomic E-state index is 6.76. The van der Waals surface area contributed by atoms with Crippen molar-refractivity contribution in [2.75, 3.05) is 9.80 Å². The Morgan fingerprint density at radius 1 is 0.207 bits per heavy atom. The fraction of sp³-hybridized carbons (Fsp3) is 0.00870. The Balaban J connectivity index is 0.850. The van der Waals surface area contributed by atoms with Gasteiger partial charge in [-0.15, -0.1) is 0 Å². The molecule has 6 heteroatoms. The number of anilines is 6. The van der Waals surface area contributed by atoms with Crippen LogP contribution >= 0.6 is 0 Å². The zero-order valence-electron chi connectivity index (χ0n) is 66.3. The van der Waals surface area contributed by atoms with Gasteiger partial charge in [-0.05, 0) is 222 Å². The standard InChI is InChI=1S/C115H75BN4O/c1-74-63-98(78-35-12-5-13-36-78)115(99(64-74)87-44-27-42-84(68-87)82-40-25-38-80(66-82)76-31-8-3-9-32-76)120-108-73-90(118-105-54-21-16-47-95(105)96-48-17-22-55-106(96)118)59-61-102(108)116-101-60-58-89(117-103-52-19-14-45-93(103)94-46-15-20-53-104(94)117)72-107(101)119(109-70-88(71-110(120)113(109)116)85-57-62-112-100(69-85)97-49-18-23-56-111(97)121-112)114-91(77-33-10-4-11-34-77)50-28-51-92(114)86-43-26-41-83(67-86)81-39-24-37-79(65-81)75-29-6-2-7-30-75/h2-73H,1H3. The van der Waals surface area contributed by atoms with Gasteiger partial charge < -0.3 is 23.4 Å². The number of nitrogens with zero attached hydrogens (tertiary/aromatic N) is 4. The number of benzene rings is 19. The van der Waals surface area contributed by atoms with Crippen molar-refractivity contribution in [1.82, 2.24) is 9.13 Å². The first-order valence-corrected chi connectivity index (χ1v) is 41.8. The number of fused-ring (bicyclic) bond motifs is 13. The minimum absolute atomic E-state index is 0.335. The molecule has 24 rings (SSSR count). The van der Waals surface area contributed by atoms with Gasteiger partial charge in [0.15, 0.2) is 0 Å². The fourth-order valence-corrected chi connectivity index (χ4v) is 19.9. The molecule has 0 saturated heterocycles. The van der Waals surface area contributed by atoms with Crippen LogP contribution in [0.2, 0.25) is 0 Å². The van der Waals surface area contributed by atoms with E-state index in [9.17, 15) is 0 Å². The molecule has 22 aromatic rings. The normalized spacial score (nSPS) is 12.3. The molecule has 5 nitrogen and oxygen atoms in total. The molecule has 2 aliphatic heterocycles. The van der Waals surface area contributed by atoms with Gasteiger partial charge in [-0.2, -0.15) is 0 Å². The number of rotatable bonds is 13. The maximum atomic E-state index is 6.76. The summed E-state index contributed by atoms with van der Waals surface area (Å²) in [5, 5.41) is 6.94. The van der Waals surface area contributed by atoms with Gasteiger partial charge in [0.1, 0.15) is 11.2 Å². The highest BCUT2D eigenvalue weighted by molar-refractivity contribution is 7.00. The molecule has 0 fully saturated rings. The minimum Gasteiger partial charge on any atom is -0.456 e. The van der Waals surface area contributed by atoms with Crippen molar-refractivity contribution in [1.29, 1.82) is 0 Å². The number of aryl methyl sites for hydroxylation is 1. The summed E-state index contributed by atoms with van der Waals surface area (Å²) in [6.07, 6.45) is 0. The van der Waals surface area contributed by atoms with Crippen LogP contribution in [0.15, 0.2) is 441 Å². The highest BCUT2D eigenvalue weighted by atomic mass is 16.3. The van der Waals surface area contributed by atoms with E-state index in [1.807, 2.05) is 0 Å². The van der Waals surface area contributed by atoms with E-state index in [-0.39, 0.29) is 6.71 Å². The number of para-hydroxylation sites is 6. The van der Waals surface area contributed by atoms with Crippen LogP contribution in [0, 0.1) is 6.92 Å². The van der Waals surface area contributed by atoms with E-state index in [0.717, 1.165) is 173 Å². The summed E-state index contributed by atoms with van der Waals surface area (Å²) in [6, 6.07) is 163. The van der Waals surface area contributed by atoms with Gasteiger partial charge in [-0.25, -0.2) is 0 Å². The third-order valence-corrected chi connectivity index (χ3v) is 25.3. The van der Waals surface area contributed by atoms with Crippen molar-refractivity contribution in [3.63, 3.8) is 0 Å². The molecule has 3 aromatic heterocycles. The van der Waals surface area contributed by atoms with Gasteiger partial charge in [0.25, 0.3) is 6.71 Å². The lowest BCUT2D eigenvalue weighted by Gasteiger charge is -2.46. The summed E-state index contributed by atoms with van der Waals surface area (Å²) >= 11 is 0. The van der Waals surface area contributed by atoms with Crippen molar-refractivity contribution < 1.29 is 4.42 Å². The lowest BCUT2D eigenvalue weighted by atomic mass is 9.33. The predicted molar refractivity (Wildman–Crippen MR) is 510 cm³/mol. The fourth-order valence-electron chi connectivity index (χ4n) is 19.9. The Labute approximate surface area is 702 Å². The second-order valence-corrected chi connectivity index (χ2v) is 32.3. The van der Waals surface area contributed by atoms with E-state index < -0.39 is 0 Å². The number of furan rings is 1. The van der Waals surface area contributed by atoms with Crippen LogP contribution in [0.1, 0.15) is 5.56 Å². The lowest BCUT2D eigenvalue weighted by Crippen LogP contribution is -2.61. The smallest absolute Gasteiger partial charge is 0.252 e. The molecule has 0 bridgehead atoms. The van der Waals surface area contributed by atoms with Crippen LogP contribution in [0.3, 0.4) is 0 Å².